The molecule has 9 nitrogen and oxygen atoms in total. The van der Waals surface area contributed by atoms with Crippen LogP contribution in [0.5, 0.6) is 5.75 Å². The van der Waals surface area contributed by atoms with Gasteiger partial charge in [0, 0.05) is 24.2 Å². The second-order valence-corrected chi connectivity index (χ2v) is 9.14. The highest BCUT2D eigenvalue weighted by Gasteiger charge is 2.19. The summed E-state index contributed by atoms with van der Waals surface area (Å²) in [5, 5.41) is 21.1. The van der Waals surface area contributed by atoms with Crippen LogP contribution in [0.25, 0.3) is 22.3 Å². The summed E-state index contributed by atoms with van der Waals surface area (Å²) in [5.41, 5.74) is 8.34. The zero-order valence-corrected chi connectivity index (χ0v) is 19.8. The second-order valence-electron chi connectivity index (χ2n) is 9.14. The lowest BCUT2D eigenvalue weighted by Crippen LogP contribution is -2.39. The number of aromatic nitrogens is 3. The van der Waals surface area contributed by atoms with Gasteiger partial charge >= 0.3 is 6.03 Å². The predicted molar refractivity (Wildman–Crippen MR) is 133 cm³/mol. The number of aliphatic hydroxyl groups excluding tert-OH is 1. The van der Waals surface area contributed by atoms with Crippen molar-refractivity contribution in [3.8, 4) is 17.0 Å². The van der Waals surface area contributed by atoms with E-state index in [9.17, 15) is 9.90 Å². The summed E-state index contributed by atoms with van der Waals surface area (Å²) in [4.78, 5) is 17.7. The highest BCUT2D eigenvalue weighted by molar-refractivity contribution is 6.00. The Morgan fingerprint density at radius 1 is 1.26 bits per heavy atom. The Labute approximate surface area is 199 Å². The van der Waals surface area contributed by atoms with E-state index in [1.807, 2.05) is 48.9 Å². The maximum atomic E-state index is 12.8. The molecular formula is C25H34N6O3. The fraction of sp³-hybridized carbons (Fsp3) is 0.480. The number of amides is 2. The van der Waals surface area contributed by atoms with Gasteiger partial charge in [-0.3, -0.25) is 0 Å². The zero-order valence-electron chi connectivity index (χ0n) is 19.8. The molecule has 2 heterocycles. The Kier molecular flexibility index (Phi) is 7.64. The zero-order chi connectivity index (χ0) is 24.1. The molecule has 1 atom stereocenters. The van der Waals surface area contributed by atoms with Crippen LogP contribution in [0.2, 0.25) is 0 Å². The van der Waals surface area contributed by atoms with Gasteiger partial charge in [0.25, 0.3) is 0 Å². The number of carbonyl (C=O) groups is 1. The van der Waals surface area contributed by atoms with Gasteiger partial charge < -0.3 is 26.2 Å². The molecule has 1 aliphatic carbocycles. The third kappa shape index (κ3) is 5.66. The number of benzene rings is 1. The number of urea groups is 1. The number of ether oxygens (including phenoxy) is 1. The summed E-state index contributed by atoms with van der Waals surface area (Å²) < 4.78 is 7.53. The molecule has 3 aromatic rings. The first-order chi connectivity index (χ1) is 16.4. The Bertz CT molecular complexity index is 1120. The van der Waals surface area contributed by atoms with Crippen LogP contribution in [0.4, 0.5) is 10.5 Å². The molecule has 0 saturated heterocycles. The molecule has 0 aliphatic heterocycles. The van der Waals surface area contributed by atoms with Crippen LogP contribution in [0.15, 0.2) is 36.5 Å². The van der Waals surface area contributed by atoms with Gasteiger partial charge in [0.2, 0.25) is 0 Å². The summed E-state index contributed by atoms with van der Waals surface area (Å²) in [7, 11) is 0. The quantitative estimate of drug-likeness (QED) is 0.400. The van der Waals surface area contributed by atoms with Crippen molar-refractivity contribution in [3.63, 3.8) is 0 Å². The number of pyridine rings is 1. The monoisotopic (exact) mass is 466 g/mol. The SMILES string of the molecule is CC(C)n1ncc2c(NC(=O)NC3CCCCC3)cc(-c3cccc(OCC(O)CN)c3)nc21. The van der Waals surface area contributed by atoms with E-state index in [0.29, 0.717) is 22.8 Å². The van der Waals surface area contributed by atoms with Crippen molar-refractivity contribution in [1.82, 2.24) is 20.1 Å². The van der Waals surface area contributed by atoms with Crippen molar-refractivity contribution >= 4 is 22.8 Å². The Morgan fingerprint density at radius 2 is 2.06 bits per heavy atom. The van der Waals surface area contributed by atoms with Gasteiger partial charge in [-0.2, -0.15) is 5.10 Å². The van der Waals surface area contributed by atoms with E-state index in [-0.39, 0.29) is 31.3 Å². The predicted octanol–water partition coefficient (Wildman–Crippen LogP) is 3.83. The van der Waals surface area contributed by atoms with E-state index in [1.54, 1.807) is 6.20 Å². The number of hydrogen-bond acceptors (Lipinski definition) is 6. The molecular weight excluding hydrogens is 432 g/mol. The molecule has 34 heavy (non-hydrogen) atoms. The molecule has 1 saturated carbocycles. The standard InChI is InChI=1S/C25H34N6O3/c1-16(2)31-24-21(14-27-31)23(30-25(33)28-18-8-4-3-5-9-18)12-22(29-24)17-7-6-10-20(11-17)34-15-19(32)13-26/h6-7,10-12,14,16,18-19,32H,3-5,8-9,13,15,26H2,1-2H3,(H2,28,29,30,33). The van der Waals surface area contributed by atoms with Crippen molar-refractivity contribution in [1.29, 1.82) is 0 Å². The second kappa shape index (κ2) is 10.8. The lowest BCUT2D eigenvalue weighted by Gasteiger charge is -2.23. The van der Waals surface area contributed by atoms with Crippen molar-refractivity contribution < 1.29 is 14.6 Å². The number of nitrogens with zero attached hydrogens (tertiary/aromatic N) is 3. The number of anilines is 1. The smallest absolute Gasteiger partial charge is 0.319 e. The summed E-state index contributed by atoms with van der Waals surface area (Å²) in [6, 6.07) is 9.45. The molecule has 0 radical (unpaired) electrons. The third-order valence-electron chi connectivity index (χ3n) is 6.09. The summed E-state index contributed by atoms with van der Waals surface area (Å²) >= 11 is 0. The maximum absolute atomic E-state index is 12.8. The van der Waals surface area contributed by atoms with Crippen LogP contribution in [0.1, 0.15) is 52.0 Å². The van der Waals surface area contributed by atoms with E-state index in [1.165, 1.54) is 6.42 Å². The van der Waals surface area contributed by atoms with Crippen molar-refractivity contribution in [2.45, 2.75) is 64.1 Å². The maximum Gasteiger partial charge on any atom is 0.319 e. The molecule has 1 unspecified atom stereocenters. The molecule has 0 bridgehead atoms. The molecule has 2 aromatic heterocycles. The molecule has 1 aromatic carbocycles. The van der Waals surface area contributed by atoms with Gasteiger partial charge in [-0.1, -0.05) is 31.4 Å². The number of nitrogens with one attached hydrogen (secondary N) is 2. The molecule has 182 valence electrons. The van der Waals surface area contributed by atoms with Crippen molar-refractivity contribution in [2.75, 3.05) is 18.5 Å². The first-order valence-electron chi connectivity index (χ1n) is 12.0. The van der Waals surface area contributed by atoms with Crippen LogP contribution < -0.4 is 21.1 Å². The molecule has 1 aliphatic rings. The minimum Gasteiger partial charge on any atom is -0.491 e. The number of rotatable bonds is 8. The fourth-order valence-electron chi connectivity index (χ4n) is 4.24. The van der Waals surface area contributed by atoms with Gasteiger partial charge in [0.1, 0.15) is 18.5 Å². The van der Waals surface area contributed by atoms with Crippen molar-refractivity contribution in [2.24, 2.45) is 5.73 Å². The minimum atomic E-state index is -0.725. The third-order valence-corrected chi connectivity index (χ3v) is 6.09. The average molecular weight is 467 g/mol. The first kappa shape index (κ1) is 24.0. The lowest BCUT2D eigenvalue weighted by molar-refractivity contribution is 0.114. The number of carbonyl (C=O) groups excluding carboxylic acids is 1. The van der Waals surface area contributed by atoms with Crippen LogP contribution in [-0.4, -0.2) is 51.2 Å². The Balaban J connectivity index is 1.64. The van der Waals surface area contributed by atoms with Gasteiger partial charge in [-0.15, -0.1) is 0 Å². The molecule has 5 N–H and O–H groups in total. The molecule has 1 fully saturated rings. The molecule has 2 amide bonds. The summed E-state index contributed by atoms with van der Waals surface area (Å²) in [6.45, 7) is 4.33. The van der Waals surface area contributed by atoms with Crippen LogP contribution in [-0.2, 0) is 0 Å². The highest BCUT2D eigenvalue weighted by atomic mass is 16.5. The van der Waals surface area contributed by atoms with Gasteiger partial charge in [0.15, 0.2) is 5.65 Å². The van der Waals surface area contributed by atoms with E-state index in [2.05, 4.69) is 15.7 Å². The van der Waals surface area contributed by atoms with E-state index in [0.717, 1.165) is 36.6 Å². The fourth-order valence-corrected chi connectivity index (χ4v) is 4.24. The topological polar surface area (TPSA) is 127 Å². The largest absolute Gasteiger partial charge is 0.491 e. The van der Waals surface area contributed by atoms with Gasteiger partial charge in [-0.05, 0) is 44.9 Å². The minimum absolute atomic E-state index is 0.108. The van der Waals surface area contributed by atoms with Crippen molar-refractivity contribution in [3.05, 3.63) is 36.5 Å². The lowest BCUT2D eigenvalue weighted by atomic mass is 9.96. The average Bonchev–Trinajstić information content (AvgIpc) is 3.28. The molecule has 0 spiro atoms. The normalized spacial score (nSPS) is 15.4. The van der Waals surface area contributed by atoms with Gasteiger partial charge in [-0.25, -0.2) is 14.5 Å². The number of nitrogens with two attached hydrogens (primary N) is 1. The van der Waals surface area contributed by atoms with Gasteiger partial charge in [0.05, 0.1) is 23.0 Å². The summed E-state index contributed by atoms with van der Waals surface area (Å²) in [6.07, 6.45) is 6.58. The molecule has 4 rings (SSSR count). The number of hydrogen-bond donors (Lipinski definition) is 4. The van der Waals surface area contributed by atoms with Crippen LogP contribution in [0, 0.1) is 0 Å². The number of aliphatic hydroxyl groups is 1. The summed E-state index contributed by atoms with van der Waals surface area (Å²) in [5.74, 6) is 0.605. The van der Waals surface area contributed by atoms with E-state index >= 15 is 0 Å². The molecule has 9 heteroatoms. The Hall–Kier alpha value is -3.17. The van der Waals surface area contributed by atoms with E-state index in [4.69, 9.17) is 15.5 Å². The number of fused-ring (bicyclic) bond motifs is 1. The Morgan fingerprint density at radius 3 is 2.79 bits per heavy atom. The van der Waals surface area contributed by atoms with Crippen LogP contribution in [0.3, 0.4) is 0 Å². The first-order valence-corrected chi connectivity index (χ1v) is 12.0. The van der Waals surface area contributed by atoms with Crippen LogP contribution >= 0.6 is 0 Å². The highest BCUT2D eigenvalue weighted by Crippen LogP contribution is 2.31. The van der Waals surface area contributed by atoms with E-state index < -0.39 is 6.10 Å².